The number of imidazole rings is 1. The zero-order valence-corrected chi connectivity index (χ0v) is 20.4. The van der Waals surface area contributed by atoms with Gasteiger partial charge in [-0.25, -0.2) is 15.0 Å². The Morgan fingerprint density at radius 2 is 2.00 bits per heavy atom. The summed E-state index contributed by atoms with van der Waals surface area (Å²) in [7, 11) is 5.61. The Labute approximate surface area is 192 Å². The van der Waals surface area contributed by atoms with Gasteiger partial charge in [0.05, 0.1) is 16.4 Å². The van der Waals surface area contributed by atoms with Crippen LogP contribution in [0.15, 0.2) is 24.7 Å². The molecule has 4 aromatic heterocycles. The minimum atomic E-state index is 0.334. The molecule has 8 nitrogen and oxygen atoms in total. The van der Waals surface area contributed by atoms with Crippen LogP contribution in [0.5, 0.6) is 0 Å². The van der Waals surface area contributed by atoms with Crippen LogP contribution >= 0.6 is 11.3 Å². The molecule has 9 heteroatoms. The summed E-state index contributed by atoms with van der Waals surface area (Å²) in [5, 5.41) is 8.98. The van der Waals surface area contributed by atoms with Gasteiger partial charge in [-0.15, -0.1) is 11.3 Å². The van der Waals surface area contributed by atoms with Crippen LogP contribution in [-0.4, -0.2) is 49.6 Å². The van der Waals surface area contributed by atoms with Crippen molar-refractivity contribution in [1.29, 1.82) is 0 Å². The van der Waals surface area contributed by atoms with Gasteiger partial charge in [0, 0.05) is 45.8 Å². The maximum absolute atomic E-state index is 4.99. The van der Waals surface area contributed by atoms with Crippen LogP contribution < -0.4 is 5.32 Å². The van der Waals surface area contributed by atoms with Crippen molar-refractivity contribution < 1.29 is 4.74 Å². The Bertz CT molecular complexity index is 1200. The van der Waals surface area contributed by atoms with E-state index in [1.165, 1.54) is 19.3 Å². The first-order valence-electron chi connectivity index (χ1n) is 11.0. The van der Waals surface area contributed by atoms with Gasteiger partial charge in [0.25, 0.3) is 0 Å². The smallest absolute Gasteiger partial charge is 0.199 e. The van der Waals surface area contributed by atoms with Gasteiger partial charge >= 0.3 is 0 Å². The third-order valence-electron chi connectivity index (χ3n) is 5.80. The first-order chi connectivity index (χ1) is 15.4. The van der Waals surface area contributed by atoms with Crippen molar-refractivity contribution in [3.8, 4) is 22.2 Å². The number of thiophene rings is 1. The van der Waals surface area contributed by atoms with Crippen LogP contribution in [0.3, 0.4) is 0 Å². The molecule has 0 bridgehead atoms. The van der Waals surface area contributed by atoms with E-state index >= 15 is 0 Å². The predicted molar refractivity (Wildman–Crippen MR) is 130 cm³/mol. The molecule has 1 fully saturated rings. The van der Waals surface area contributed by atoms with E-state index in [1.54, 1.807) is 24.6 Å². The molecule has 0 radical (unpaired) electrons. The summed E-state index contributed by atoms with van der Waals surface area (Å²) in [6.07, 6.45) is 10.2. The lowest BCUT2D eigenvalue weighted by molar-refractivity contribution is 0.0412. The number of anilines is 1. The Balaban J connectivity index is 0.000000354. The Morgan fingerprint density at radius 3 is 2.50 bits per heavy atom. The second-order valence-corrected chi connectivity index (χ2v) is 9.31. The molecule has 0 aromatic carbocycles. The maximum Gasteiger partial charge on any atom is 0.199 e. The average Bonchev–Trinajstić information content (AvgIpc) is 3.46. The summed E-state index contributed by atoms with van der Waals surface area (Å²) in [6.45, 7) is 6.35. The van der Waals surface area contributed by atoms with E-state index < -0.39 is 0 Å². The van der Waals surface area contributed by atoms with Gasteiger partial charge < -0.3 is 14.6 Å². The van der Waals surface area contributed by atoms with Crippen LogP contribution in [0.2, 0.25) is 0 Å². The minimum absolute atomic E-state index is 0.334. The van der Waals surface area contributed by atoms with Gasteiger partial charge in [-0.2, -0.15) is 5.10 Å². The van der Waals surface area contributed by atoms with Crippen molar-refractivity contribution >= 4 is 27.4 Å². The average molecular weight is 454 g/mol. The minimum Gasteiger partial charge on any atom is -0.381 e. The van der Waals surface area contributed by atoms with Gasteiger partial charge in [-0.3, -0.25) is 4.68 Å². The van der Waals surface area contributed by atoms with E-state index in [9.17, 15) is 0 Å². The van der Waals surface area contributed by atoms with E-state index in [0.717, 1.165) is 38.0 Å². The van der Waals surface area contributed by atoms with Gasteiger partial charge in [0.15, 0.2) is 11.6 Å². The van der Waals surface area contributed by atoms with Gasteiger partial charge in [-0.05, 0) is 51.7 Å². The number of aryl methyl sites for hydroxylation is 2. The summed E-state index contributed by atoms with van der Waals surface area (Å²) in [5.74, 6) is 2.19. The topological polar surface area (TPSA) is 82.7 Å². The third kappa shape index (κ3) is 4.27. The van der Waals surface area contributed by atoms with E-state index in [4.69, 9.17) is 19.8 Å². The maximum atomic E-state index is 4.99. The molecule has 0 amide bonds. The lowest BCUT2D eigenvalue weighted by Crippen LogP contribution is -2.18. The van der Waals surface area contributed by atoms with Crippen LogP contribution in [0.25, 0.3) is 32.4 Å². The van der Waals surface area contributed by atoms with E-state index in [-0.39, 0.29) is 0 Å². The van der Waals surface area contributed by atoms with Crippen molar-refractivity contribution in [3.63, 3.8) is 0 Å². The molecule has 4 heterocycles. The molecule has 1 aliphatic carbocycles. The molecule has 32 heavy (non-hydrogen) atoms. The molecular weight excluding hydrogens is 422 g/mol. The highest BCUT2D eigenvalue weighted by molar-refractivity contribution is 7.22. The normalized spacial score (nSPS) is 13.8. The second kappa shape index (κ2) is 9.38. The summed E-state index contributed by atoms with van der Waals surface area (Å²) in [6, 6.07) is 2.39. The molecule has 1 saturated carbocycles. The number of hydrogen-bond donors (Lipinski definition) is 1. The zero-order chi connectivity index (χ0) is 22.8. The highest BCUT2D eigenvalue weighted by Gasteiger charge is 2.20. The molecule has 0 spiro atoms. The fourth-order valence-corrected chi connectivity index (χ4v) is 4.74. The van der Waals surface area contributed by atoms with Gasteiger partial charge in [0.1, 0.15) is 16.3 Å². The third-order valence-corrected chi connectivity index (χ3v) is 7.01. The number of aromatic nitrogens is 6. The molecule has 0 unspecified atom stereocenters. The van der Waals surface area contributed by atoms with Gasteiger partial charge in [-0.1, -0.05) is 0 Å². The predicted octanol–water partition coefficient (Wildman–Crippen LogP) is 5.07. The first kappa shape index (κ1) is 22.4. The second-order valence-electron chi connectivity index (χ2n) is 8.31. The number of nitrogens with one attached hydrogen (secondary N) is 1. The van der Waals surface area contributed by atoms with E-state index in [1.807, 2.05) is 35.7 Å². The number of nitrogens with zero attached hydrogens (tertiary/aromatic N) is 6. The largest absolute Gasteiger partial charge is 0.381 e. The highest BCUT2D eigenvalue weighted by Crippen LogP contribution is 2.40. The zero-order valence-electron chi connectivity index (χ0n) is 19.6. The van der Waals surface area contributed by atoms with Crippen molar-refractivity contribution in [2.45, 2.75) is 52.2 Å². The number of fused-ring (bicyclic) bond motifs is 1. The lowest BCUT2D eigenvalue weighted by Gasteiger charge is -2.22. The van der Waals surface area contributed by atoms with Crippen LogP contribution in [0.1, 0.15) is 44.7 Å². The summed E-state index contributed by atoms with van der Waals surface area (Å²) < 4.78 is 8.88. The first-order valence-corrected chi connectivity index (χ1v) is 11.8. The molecule has 0 saturated heterocycles. The quantitative estimate of drug-likeness (QED) is 0.454. The molecule has 170 valence electrons. The van der Waals surface area contributed by atoms with Crippen LogP contribution in [0, 0.1) is 6.92 Å². The summed E-state index contributed by atoms with van der Waals surface area (Å²) >= 11 is 1.64. The Hall–Kier alpha value is -2.78. The fraction of sp³-hybridized carbons (Fsp3) is 0.478. The van der Waals surface area contributed by atoms with Gasteiger partial charge in [0.2, 0.25) is 0 Å². The monoisotopic (exact) mass is 453 g/mol. The van der Waals surface area contributed by atoms with Crippen molar-refractivity contribution in [1.82, 2.24) is 29.3 Å². The number of methoxy groups -OCH3 is 1. The number of hydrogen-bond acceptors (Lipinski definition) is 7. The highest BCUT2D eigenvalue weighted by atomic mass is 32.1. The fourth-order valence-electron chi connectivity index (χ4n) is 3.60. The summed E-state index contributed by atoms with van der Waals surface area (Å²) in [5.41, 5.74) is 2.12. The van der Waals surface area contributed by atoms with Crippen LogP contribution in [0.4, 0.5) is 5.82 Å². The van der Waals surface area contributed by atoms with E-state index in [2.05, 4.69) is 37.1 Å². The Morgan fingerprint density at radius 1 is 1.22 bits per heavy atom. The standard InChI is InChI=1S/C18H21N7S.C5H10O/c1-10(2)25-8-6-12(23-25)14-11(3)13-15(19-4)21-16(22-18(13)26-14)17-20-7-9-24(17)5;1-6-5-3-2-4-5/h6-10H,1-5H3,(H,19,21,22);5H,2-4H2,1H3. The lowest BCUT2D eigenvalue weighted by atomic mass is 9.96. The molecule has 1 N–H and O–H groups in total. The Kier molecular flexibility index (Phi) is 6.57. The SMILES string of the molecule is CNc1nc(-c2nccn2C)nc2sc(-c3ccn(C(C)C)n3)c(C)c12.COC1CCC1. The number of rotatable bonds is 5. The summed E-state index contributed by atoms with van der Waals surface area (Å²) in [4.78, 5) is 15.9. The van der Waals surface area contributed by atoms with E-state index in [0.29, 0.717) is 18.0 Å². The number of ether oxygens (including phenoxy) is 1. The van der Waals surface area contributed by atoms with Crippen molar-refractivity contribution in [2.24, 2.45) is 7.05 Å². The molecule has 0 atom stereocenters. The molecular formula is C23H31N7OS. The molecule has 4 aromatic rings. The van der Waals surface area contributed by atoms with Crippen molar-refractivity contribution in [2.75, 3.05) is 19.5 Å². The van der Waals surface area contributed by atoms with Crippen LogP contribution in [-0.2, 0) is 11.8 Å². The van der Waals surface area contributed by atoms with Crippen molar-refractivity contribution in [3.05, 3.63) is 30.2 Å². The molecule has 0 aliphatic heterocycles. The molecule has 1 aliphatic rings. The molecule has 5 rings (SSSR count).